The molecule has 0 aliphatic carbocycles. The summed E-state index contributed by atoms with van der Waals surface area (Å²) in [4.78, 5) is 16.3. The van der Waals surface area contributed by atoms with Crippen LogP contribution in [-0.4, -0.2) is 16.9 Å². The van der Waals surface area contributed by atoms with Crippen LogP contribution in [0, 0.1) is 19.3 Å². The van der Waals surface area contributed by atoms with Gasteiger partial charge >= 0.3 is 0 Å². The Kier molecular flexibility index (Phi) is 4.46. The van der Waals surface area contributed by atoms with E-state index >= 15 is 0 Å². The molecular weight excluding hydrogens is 226 g/mol. The maximum Gasteiger partial charge on any atom is 0.227 e. The van der Waals surface area contributed by atoms with Gasteiger partial charge in [-0.15, -0.1) is 0 Å². The van der Waals surface area contributed by atoms with Crippen LogP contribution in [0.3, 0.4) is 0 Å². The lowest BCUT2D eigenvalue weighted by Crippen LogP contribution is -2.47. The molecule has 1 aromatic rings. The van der Waals surface area contributed by atoms with E-state index in [-0.39, 0.29) is 11.9 Å². The highest BCUT2D eigenvalue weighted by Gasteiger charge is 2.31. The number of amides is 1. The van der Waals surface area contributed by atoms with E-state index in [9.17, 15) is 4.79 Å². The van der Waals surface area contributed by atoms with Gasteiger partial charge in [0, 0.05) is 24.0 Å². The number of nitrogens with zero attached hydrogens (tertiary/aromatic N) is 1. The summed E-state index contributed by atoms with van der Waals surface area (Å²) in [5.41, 5.74) is 8.25. The van der Waals surface area contributed by atoms with Crippen molar-refractivity contribution in [1.82, 2.24) is 10.3 Å². The smallest absolute Gasteiger partial charge is 0.227 e. The molecule has 100 valence electrons. The fourth-order valence-corrected chi connectivity index (χ4v) is 1.64. The monoisotopic (exact) mass is 249 g/mol. The Hall–Kier alpha value is -1.42. The molecule has 0 radical (unpaired) electrons. The van der Waals surface area contributed by atoms with Crippen molar-refractivity contribution in [1.29, 1.82) is 0 Å². The molecule has 1 rings (SSSR count). The molecule has 3 N–H and O–H groups in total. The predicted octanol–water partition coefficient (Wildman–Crippen LogP) is 1.69. The minimum absolute atomic E-state index is 0.0235. The van der Waals surface area contributed by atoms with Gasteiger partial charge in [0.15, 0.2) is 0 Å². The number of rotatable bonds is 4. The second-order valence-corrected chi connectivity index (χ2v) is 5.45. The number of hydrogen-bond acceptors (Lipinski definition) is 3. The molecule has 1 amide bonds. The molecule has 1 unspecified atom stereocenters. The van der Waals surface area contributed by atoms with Gasteiger partial charge in [0.2, 0.25) is 5.91 Å². The van der Waals surface area contributed by atoms with Gasteiger partial charge in [0.05, 0.1) is 5.41 Å². The SMILES string of the molecule is Cc1cc(CNC(=O)C(C)(C)C(C)N)cc(C)n1. The first-order chi connectivity index (χ1) is 8.23. The maximum absolute atomic E-state index is 12.0. The van der Waals surface area contributed by atoms with Gasteiger partial charge in [-0.2, -0.15) is 0 Å². The summed E-state index contributed by atoms with van der Waals surface area (Å²) in [6.45, 7) is 9.97. The Bertz CT molecular complexity index is 418. The molecule has 1 heterocycles. The van der Waals surface area contributed by atoms with Crippen LogP contribution in [0.25, 0.3) is 0 Å². The lowest BCUT2D eigenvalue weighted by molar-refractivity contribution is -0.130. The number of pyridine rings is 1. The van der Waals surface area contributed by atoms with Gasteiger partial charge in [-0.3, -0.25) is 9.78 Å². The molecule has 0 aliphatic rings. The van der Waals surface area contributed by atoms with Gasteiger partial charge in [-0.25, -0.2) is 0 Å². The molecule has 0 spiro atoms. The summed E-state index contributed by atoms with van der Waals surface area (Å²) in [5.74, 6) is -0.0235. The van der Waals surface area contributed by atoms with Crippen molar-refractivity contribution in [3.63, 3.8) is 0 Å². The van der Waals surface area contributed by atoms with E-state index in [0.717, 1.165) is 17.0 Å². The fourth-order valence-electron chi connectivity index (χ4n) is 1.64. The molecule has 4 nitrogen and oxygen atoms in total. The van der Waals surface area contributed by atoms with Crippen molar-refractivity contribution in [3.8, 4) is 0 Å². The quantitative estimate of drug-likeness (QED) is 0.853. The maximum atomic E-state index is 12.0. The van der Waals surface area contributed by atoms with E-state index in [4.69, 9.17) is 5.73 Å². The molecule has 4 heteroatoms. The van der Waals surface area contributed by atoms with Crippen molar-refractivity contribution < 1.29 is 4.79 Å². The van der Waals surface area contributed by atoms with E-state index in [1.807, 2.05) is 46.8 Å². The standard InChI is InChI=1S/C14H23N3O/c1-9-6-12(7-10(2)17-9)8-16-13(18)14(4,5)11(3)15/h6-7,11H,8,15H2,1-5H3,(H,16,18). The van der Waals surface area contributed by atoms with Crippen LogP contribution in [0.5, 0.6) is 0 Å². The third-order valence-corrected chi connectivity index (χ3v) is 3.32. The molecular formula is C14H23N3O. The van der Waals surface area contributed by atoms with Crippen molar-refractivity contribution in [2.24, 2.45) is 11.1 Å². The number of hydrogen-bond donors (Lipinski definition) is 2. The predicted molar refractivity (Wildman–Crippen MR) is 73.0 cm³/mol. The van der Waals surface area contributed by atoms with E-state index in [2.05, 4.69) is 10.3 Å². The summed E-state index contributed by atoms with van der Waals surface area (Å²) < 4.78 is 0. The summed E-state index contributed by atoms with van der Waals surface area (Å²) in [5, 5.41) is 2.93. The minimum Gasteiger partial charge on any atom is -0.352 e. The second kappa shape index (κ2) is 5.48. The topological polar surface area (TPSA) is 68.0 Å². The number of nitrogens with one attached hydrogen (secondary N) is 1. The molecule has 0 aromatic carbocycles. The molecule has 18 heavy (non-hydrogen) atoms. The number of carbonyl (C=O) groups is 1. The van der Waals surface area contributed by atoms with Crippen LogP contribution in [0.15, 0.2) is 12.1 Å². The van der Waals surface area contributed by atoms with Crippen LogP contribution < -0.4 is 11.1 Å². The van der Waals surface area contributed by atoms with E-state index in [1.165, 1.54) is 0 Å². The first-order valence-electron chi connectivity index (χ1n) is 6.21. The number of aryl methyl sites for hydroxylation is 2. The molecule has 1 atom stereocenters. The summed E-state index contributed by atoms with van der Waals surface area (Å²) >= 11 is 0. The number of nitrogens with two attached hydrogens (primary N) is 1. The molecule has 1 aromatic heterocycles. The van der Waals surface area contributed by atoms with Crippen molar-refractivity contribution in [2.75, 3.05) is 0 Å². The van der Waals surface area contributed by atoms with Crippen LogP contribution in [-0.2, 0) is 11.3 Å². The third-order valence-electron chi connectivity index (χ3n) is 3.32. The first-order valence-corrected chi connectivity index (χ1v) is 6.21. The zero-order valence-electron chi connectivity index (χ0n) is 11.9. The highest BCUT2D eigenvalue weighted by molar-refractivity contribution is 5.82. The Labute approximate surface area is 109 Å². The van der Waals surface area contributed by atoms with Gasteiger partial charge in [-0.05, 0) is 52.3 Å². The number of carbonyl (C=O) groups excluding carboxylic acids is 1. The van der Waals surface area contributed by atoms with Gasteiger partial charge in [0.25, 0.3) is 0 Å². The lowest BCUT2D eigenvalue weighted by atomic mass is 9.85. The molecule has 0 fully saturated rings. The third kappa shape index (κ3) is 3.53. The van der Waals surface area contributed by atoms with Gasteiger partial charge in [-0.1, -0.05) is 0 Å². The highest BCUT2D eigenvalue weighted by atomic mass is 16.2. The molecule has 0 saturated heterocycles. The Morgan fingerprint density at radius 1 is 1.39 bits per heavy atom. The number of aromatic nitrogens is 1. The molecule has 0 bridgehead atoms. The minimum atomic E-state index is -0.558. The van der Waals surface area contributed by atoms with Crippen molar-refractivity contribution in [2.45, 2.75) is 47.2 Å². The van der Waals surface area contributed by atoms with E-state index in [0.29, 0.717) is 6.54 Å². The average Bonchev–Trinajstić information content (AvgIpc) is 2.24. The van der Waals surface area contributed by atoms with Crippen LogP contribution in [0.4, 0.5) is 0 Å². The van der Waals surface area contributed by atoms with Crippen LogP contribution in [0.1, 0.15) is 37.7 Å². The fraction of sp³-hybridized carbons (Fsp3) is 0.571. The van der Waals surface area contributed by atoms with E-state index in [1.54, 1.807) is 0 Å². The van der Waals surface area contributed by atoms with E-state index < -0.39 is 5.41 Å². The Morgan fingerprint density at radius 3 is 2.33 bits per heavy atom. The lowest BCUT2D eigenvalue weighted by Gasteiger charge is -2.27. The second-order valence-electron chi connectivity index (χ2n) is 5.45. The van der Waals surface area contributed by atoms with Gasteiger partial charge in [0.1, 0.15) is 0 Å². The summed E-state index contributed by atoms with van der Waals surface area (Å²) in [6.07, 6.45) is 0. The molecule has 0 aliphatic heterocycles. The Balaban J connectivity index is 2.68. The van der Waals surface area contributed by atoms with Crippen LogP contribution in [0.2, 0.25) is 0 Å². The zero-order valence-corrected chi connectivity index (χ0v) is 11.9. The van der Waals surface area contributed by atoms with Crippen molar-refractivity contribution >= 4 is 5.91 Å². The largest absolute Gasteiger partial charge is 0.352 e. The van der Waals surface area contributed by atoms with Crippen LogP contribution >= 0.6 is 0 Å². The van der Waals surface area contributed by atoms with Crippen molar-refractivity contribution in [3.05, 3.63) is 29.1 Å². The summed E-state index contributed by atoms with van der Waals surface area (Å²) in [6, 6.07) is 3.77. The normalized spacial score (nSPS) is 13.2. The molecule has 0 saturated carbocycles. The summed E-state index contributed by atoms with van der Waals surface area (Å²) in [7, 11) is 0. The highest BCUT2D eigenvalue weighted by Crippen LogP contribution is 2.19. The zero-order chi connectivity index (χ0) is 13.9. The first kappa shape index (κ1) is 14.6. The average molecular weight is 249 g/mol. The van der Waals surface area contributed by atoms with Gasteiger partial charge < -0.3 is 11.1 Å². The Morgan fingerprint density at radius 2 is 1.89 bits per heavy atom.